The molecule has 1 atom stereocenters. The molecular formula is C20H30N4O. The predicted molar refractivity (Wildman–Crippen MR) is 103 cm³/mol. The van der Waals surface area contributed by atoms with E-state index in [-0.39, 0.29) is 12.0 Å². The minimum absolute atomic E-state index is 0.0307. The number of imidazole rings is 1. The Morgan fingerprint density at radius 3 is 2.88 bits per heavy atom. The molecule has 0 bridgehead atoms. The van der Waals surface area contributed by atoms with E-state index in [1.54, 1.807) is 0 Å². The Balaban J connectivity index is 1.83. The van der Waals surface area contributed by atoms with Gasteiger partial charge in [-0.2, -0.15) is 0 Å². The van der Waals surface area contributed by atoms with Crippen molar-refractivity contribution in [3.8, 4) is 0 Å². The summed E-state index contributed by atoms with van der Waals surface area (Å²) in [4.78, 5) is 9.50. The van der Waals surface area contributed by atoms with E-state index in [9.17, 15) is 5.11 Å². The van der Waals surface area contributed by atoms with Crippen molar-refractivity contribution in [3.63, 3.8) is 0 Å². The van der Waals surface area contributed by atoms with Gasteiger partial charge < -0.3 is 14.6 Å². The molecule has 1 aromatic heterocycles. The first kappa shape index (κ1) is 18.1. The molecule has 0 amide bonds. The van der Waals surface area contributed by atoms with Crippen LogP contribution in [-0.4, -0.2) is 64.8 Å². The number of hydrogen-bond donors (Lipinski definition) is 1. The fourth-order valence-corrected chi connectivity index (χ4v) is 4.20. The molecule has 1 aliphatic rings. The number of para-hydroxylation sites is 2. The van der Waals surface area contributed by atoms with Gasteiger partial charge in [-0.05, 0) is 45.6 Å². The van der Waals surface area contributed by atoms with Crippen LogP contribution in [-0.2, 0) is 13.1 Å². The second kappa shape index (κ2) is 7.68. The van der Waals surface area contributed by atoms with Crippen LogP contribution in [0.25, 0.3) is 11.0 Å². The van der Waals surface area contributed by atoms with Gasteiger partial charge in [-0.25, -0.2) is 4.98 Å². The Hall–Kier alpha value is -1.69. The lowest BCUT2D eigenvalue weighted by atomic mass is 9.80. The number of rotatable bonds is 7. The highest BCUT2D eigenvalue weighted by Crippen LogP contribution is 2.31. The number of hydrogen-bond acceptors (Lipinski definition) is 4. The summed E-state index contributed by atoms with van der Waals surface area (Å²) in [6, 6.07) is 8.28. The molecule has 3 rings (SSSR count). The van der Waals surface area contributed by atoms with E-state index >= 15 is 0 Å². The van der Waals surface area contributed by atoms with Crippen molar-refractivity contribution in [1.29, 1.82) is 0 Å². The molecule has 2 aromatic rings. The van der Waals surface area contributed by atoms with Crippen LogP contribution in [0.1, 0.15) is 18.7 Å². The Labute approximate surface area is 150 Å². The third kappa shape index (κ3) is 3.94. The molecule has 5 heteroatoms. The maximum Gasteiger partial charge on any atom is 0.124 e. The summed E-state index contributed by atoms with van der Waals surface area (Å²) in [6.07, 6.45) is 4.13. The second-order valence-electron chi connectivity index (χ2n) is 7.63. The van der Waals surface area contributed by atoms with Crippen molar-refractivity contribution in [3.05, 3.63) is 42.7 Å². The molecule has 0 radical (unpaired) electrons. The van der Waals surface area contributed by atoms with Crippen LogP contribution in [0.15, 0.2) is 36.9 Å². The normalized spacial score (nSPS) is 21.9. The van der Waals surface area contributed by atoms with E-state index in [2.05, 4.69) is 53.2 Å². The number of fused-ring (bicyclic) bond motifs is 1. The minimum atomic E-state index is -0.0307. The Kier molecular flexibility index (Phi) is 5.57. The largest absolute Gasteiger partial charge is 0.396 e. The van der Waals surface area contributed by atoms with Gasteiger partial charge in [-0.1, -0.05) is 18.2 Å². The zero-order valence-electron chi connectivity index (χ0n) is 15.5. The highest BCUT2D eigenvalue weighted by molar-refractivity contribution is 5.75. The van der Waals surface area contributed by atoms with Gasteiger partial charge in [0.2, 0.25) is 0 Å². The lowest BCUT2D eigenvalue weighted by Gasteiger charge is -2.43. The van der Waals surface area contributed by atoms with Crippen LogP contribution in [0.2, 0.25) is 0 Å². The molecule has 2 heterocycles. The van der Waals surface area contributed by atoms with Crippen molar-refractivity contribution >= 4 is 11.0 Å². The van der Waals surface area contributed by atoms with Crippen LogP contribution in [0, 0.1) is 5.41 Å². The average Bonchev–Trinajstić information content (AvgIpc) is 2.92. The summed E-state index contributed by atoms with van der Waals surface area (Å²) in [5, 5.41) is 10.0. The summed E-state index contributed by atoms with van der Waals surface area (Å²) in [5.74, 6) is 1.08. The third-order valence-electron chi connectivity index (χ3n) is 5.14. The van der Waals surface area contributed by atoms with E-state index < -0.39 is 0 Å². The van der Waals surface area contributed by atoms with Crippen molar-refractivity contribution in [2.45, 2.75) is 25.9 Å². The maximum atomic E-state index is 10.0. The smallest absolute Gasteiger partial charge is 0.124 e. The van der Waals surface area contributed by atoms with Gasteiger partial charge in [0.1, 0.15) is 5.82 Å². The van der Waals surface area contributed by atoms with Gasteiger partial charge in [-0.3, -0.25) is 4.90 Å². The fourth-order valence-electron chi connectivity index (χ4n) is 4.20. The molecule has 1 fully saturated rings. The molecule has 1 aliphatic heterocycles. The van der Waals surface area contributed by atoms with Crippen LogP contribution in [0.5, 0.6) is 0 Å². The zero-order valence-corrected chi connectivity index (χ0v) is 15.5. The highest BCUT2D eigenvalue weighted by atomic mass is 16.3. The van der Waals surface area contributed by atoms with Crippen molar-refractivity contribution in [2.75, 3.05) is 40.3 Å². The first-order valence-corrected chi connectivity index (χ1v) is 9.10. The number of aliphatic hydroxyl groups is 1. The topological polar surface area (TPSA) is 44.5 Å². The van der Waals surface area contributed by atoms with Gasteiger partial charge in [0.05, 0.1) is 24.2 Å². The van der Waals surface area contributed by atoms with Crippen molar-refractivity contribution < 1.29 is 5.11 Å². The average molecular weight is 342 g/mol. The van der Waals surface area contributed by atoms with Gasteiger partial charge in [0.25, 0.3) is 0 Å². The number of likely N-dealkylation sites (tertiary alicyclic amines) is 1. The Bertz CT molecular complexity index is 724. The summed E-state index contributed by atoms with van der Waals surface area (Å²) < 4.78 is 2.25. The molecule has 25 heavy (non-hydrogen) atoms. The van der Waals surface area contributed by atoms with Gasteiger partial charge in [0.15, 0.2) is 0 Å². The number of aliphatic hydroxyl groups excluding tert-OH is 1. The first-order chi connectivity index (χ1) is 12.1. The second-order valence-corrected chi connectivity index (χ2v) is 7.63. The van der Waals surface area contributed by atoms with Crippen LogP contribution in [0.4, 0.5) is 0 Å². The molecule has 5 nitrogen and oxygen atoms in total. The van der Waals surface area contributed by atoms with E-state index in [4.69, 9.17) is 4.98 Å². The summed E-state index contributed by atoms with van der Waals surface area (Å²) >= 11 is 0. The molecule has 0 spiro atoms. The number of piperidine rings is 1. The van der Waals surface area contributed by atoms with E-state index in [0.29, 0.717) is 0 Å². The summed E-state index contributed by atoms with van der Waals surface area (Å²) in [7, 11) is 4.17. The van der Waals surface area contributed by atoms with E-state index in [1.165, 1.54) is 0 Å². The summed E-state index contributed by atoms with van der Waals surface area (Å²) in [5.41, 5.74) is 2.17. The van der Waals surface area contributed by atoms with Crippen LogP contribution < -0.4 is 0 Å². The fraction of sp³-hybridized carbons (Fsp3) is 0.550. The van der Waals surface area contributed by atoms with Gasteiger partial charge >= 0.3 is 0 Å². The first-order valence-electron chi connectivity index (χ1n) is 9.10. The Morgan fingerprint density at radius 2 is 2.16 bits per heavy atom. The number of benzene rings is 1. The molecule has 136 valence electrons. The SMILES string of the molecule is C=CCn1c(CN2CCC[C@](CO)(CN(C)C)C2)nc2ccccc21. The lowest BCUT2D eigenvalue weighted by Crippen LogP contribution is -2.50. The van der Waals surface area contributed by atoms with Gasteiger partial charge in [-0.15, -0.1) is 6.58 Å². The Morgan fingerprint density at radius 1 is 1.36 bits per heavy atom. The minimum Gasteiger partial charge on any atom is -0.396 e. The summed E-state index contributed by atoms with van der Waals surface area (Å²) in [6.45, 7) is 8.62. The standard InChI is InChI=1S/C20H30N4O/c1-4-11-24-18-9-6-5-8-17(18)21-19(24)13-23-12-7-10-20(15-23,16-25)14-22(2)3/h4-6,8-9,25H,1,7,10-16H2,2-3H3/t20-/m0/s1. The van der Waals surface area contributed by atoms with Crippen molar-refractivity contribution in [1.82, 2.24) is 19.4 Å². The van der Waals surface area contributed by atoms with Crippen molar-refractivity contribution in [2.24, 2.45) is 5.41 Å². The zero-order chi connectivity index (χ0) is 17.9. The molecule has 0 saturated carbocycles. The van der Waals surface area contributed by atoms with Crippen LogP contribution >= 0.6 is 0 Å². The van der Waals surface area contributed by atoms with E-state index in [1.807, 2.05) is 12.1 Å². The molecule has 1 N–H and O–H groups in total. The predicted octanol–water partition coefficient (Wildman–Crippen LogP) is 2.36. The molecule has 0 aliphatic carbocycles. The van der Waals surface area contributed by atoms with E-state index in [0.717, 1.165) is 62.4 Å². The number of allylic oxidation sites excluding steroid dienone is 1. The van der Waals surface area contributed by atoms with Crippen LogP contribution in [0.3, 0.4) is 0 Å². The number of aromatic nitrogens is 2. The number of nitrogens with zero attached hydrogens (tertiary/aromatic N) is 4. The van der Waals surface area contributed by atoms with Gasteiger partial charge in [0, 0.05) is 25.0 Å². The maximum absolute atomic E-state index is 10.0. The molecule has 1 saturated heterocycles. The monoisotopic (exact) mass is 342 g/mol. The molecular weight excluding hydrogens is 312 g/mol. The quantitative estimate of drug-likeness (QED) is 0.785. The lowest BCUT2D eigenvalue weighted by molar-refractivity contribution is 0.00940. The third-order valence-corrected chi connectivity index (χ3v) is 5.14. The highest BCUT2D eigenvalue weighted by Gasteiger charge is 2.35. The molecule has 1 aromatic carbocycles. The molecule has 0 unspecified atom stereocenters.